The summed E-state index contributed by atoms with van der Waals surface area (Å²) in [6, 6.07) is 0. The molecular weight excluding hydrogens is 162 g/mol. The van der Waals surface area contributed by atoms with Crippen molar-refractivity contribution in [3.05, 3.63) is 0 Å². The lowest BCUT2D eigenvalue weighted by atomic mass is 10.1. The van der Waals surface area contributed by atoms with Gasteiger partial charge in [0.25, 0.3) is 0 Å². The van der Waals surface area contributed by atoms with Gasteiger partial charge in [-0.3, -0.25) is 0 Å². The van der Waals surface area contributed by atoms with Crippen LogP contribution in [0.1, 0.15) is 39.5 Å². The van der Waals surface area contributed by atoms with E-state index >= 15 is 0 Å². The van der Waals surface area contributed by atoms with Crippen LogP contribution in [-0.4, -0.2) is 38.3 Å². The Bertz CT molecular complexity index is 104. The van der Waals surface area contributed by atoms with Gasteiger partial charge in [0.2, 0.25) is 0 Å². The molecule has 0 aromatic heterocycles. The summed E-state index contributed by atoms with van der Waals surface area (Å²) < 4.78 is 5.76. The first-order valence-electron chi connectivity index (χ1n) is 5.47. The van der Waals surface area contributed by atoms with Crippen molar-refractivity contribution in [1.29, 1.82) is 0 Å². The third-order valence-electron chi connectivity index (χ3n) is 2.17. The lowest BCUT2D eigenvalue weighted by Crippen LogP contribution is -2.18. The molecule has 0 saturated carbocycles. The quantitative estimate of drug-likeness (QED) is 0.541. The average molecular weight is 187 g/mol. The topological polar surface area (TPSA) is 12.5 Å². The van der Waals surface area contributed by atoms with E-state index in [0.717, 1.165) is 26.0 Å². The third-order valence-corrected chi connectivity index (χ3v) is 2.17. The van der Waals surface area contributed by atoms with Crippen molar-refractivity contribution in [3.63, 3.8) is 0 Å². The standard InChI is InChI=1S/C11H25NO/c1-5-8-11(6-2)13-10-7-9-12(3)4/h11H,5-10H2,1-4H3. The number of rotatable bonds is 8. The molecule has 0 aliphatic carbocycles. The minimum Gasteiger partial charge on any atom is -0.378 e. The van der Waals surface area contributed by atoms with Crippen molar-refractivity contribution < 1.29 is 4.74 Å². The maximum Gasteiger partial charge on any atom is 0.0572 e. The van der Waals surface area contributed by atoms with E-state index in [0.29, 0.717) is 6.10 Å². The van der Waals surface area contributed by atoms with Crippen LogP contribution in [0.5, 0.6) is 0 Å². The average Bonchev–Trinajstić information content (AvgIpc) is 2.10. The molecule has 0 spiro atoms. The molecule has 0 saturated heterocycles. The molecule has 0 aromatic carbocycles. The molecule has 0 aromatic rings. The molecule has 0 rings (SSSR count). The Morgan fingerprint density at radius 2 is 1.92 bits per heavy atom. The van der Waals surface area contributed by atoms with Gasteiger partial charge in [-0.1, -0.05) is 20.3 Å². The zero-order valence-corrected chi connectivity index (χ0v) is 9.68. The van der Waals surface area contributed by atoms with Crippen molar-refractivity contribution in [2.75, 3.05) is 27.2 Å². The van der Waals surface area contributed by atoms with E-state index in [-0.39, 0.29) is 0 Å². The fraction of sp³-hybridized carbons (Fsp3) is 1.00. The van der Waals surface area contributed by atoms with Gasteiger partial charge in [0, 0.05) is 6.61 Å². The zero-order chi connectivity index (χ0) is 10.1. The summed E-state index contributed by atoms with van der Waals surface area (Å²) in [5, 5.41) is 0. The van der Waals surface area contributed by atoms with E-state index < -0.39 is 0 Å². The van der Waals surface area contributed by atoms with Crippen LogP contribution in [0, 0.1) is 0 Å². The predicted molar refractivity (Wildman–Crippen MR) is 58.1 cm³/mol. The van der Waals surface area contributed by atoms with E-state index in [1.165, 1.54) is 12.8 Å². The van der Waals surface area contributed by atoms with Crippen LogP contribution in [0.4, 0.5) is 0 Å². The number of ether oxygens (including phenoxy) is 1. The van der Waals surface area contributed by atoms with Gasteiger partial charge in [-0.15, -0.1) is 0 Å². The highest BCUT2D eigenvalue weighted by molar-refractivity contribution is 4.54. The normalized spacial score (nSPS) is 13.6. The van der Waals surface area contributed by atoms with E-state index in [1.54, 1.807) is 0 Å². The van der Waals surface area contributed by atoms with Gasteiger partial charge in [0.05, 0.1) is 6.10 Å². The molecule has 0 heterocycles. The summed E-state index contributed by atoms with van der Waals surface area (Å²) in [6.07, 6.45) is 5.22. The van der Waals surface area contributed by atoms with Gasteiger partial charge in [-0.05, 0) is 39.9 Å². The monoisotopic (exact) mass is 187 g/mol. The molecule has 13 heavy (non-hydrogen) atoms. The second kappa shape index (κ2) is 8.52. The van der Waals surface area contributed by atoms with Crippen LogP contribution >= 0.6 is 0 Å². The van der Waals surface area contributed by atoms with Gasteiger partial charge < -0.3 is 9.64 Å². The first-order chi connectivity index (χ1) is 6.20. The van der Waals surface area contributed by atoms with E-state index in [2.05, 4.69) is 32.8 Å². The van der Waals surface area contributed by atoms with Crippen molar-refractivity contribution in [1.82, 2.24) is 4.90 Å². The third kappa shape index (κ3) is 8.26. The predicted octanol–water partition coefficient (Wildman–Crippen LogP) is 2.53. The molecule has 2 nitrogen and oxygen atoms in total. The molecule has 1 unspecified atom stereocenters. The highest BCUT2D eigenvalue weighted by Crippen LogP contribution is 2.06. The lowest BCUT2D eigenvalue weighted by molar-refractivity contribution is 0.0404. The molecule has 0 bridgehead atoms. The number of hydrogen-bond acceptors (Lipinski definition) is 2. The van der Waals surface area contributed by atoms with Crippen molar-refractivity contribution >= 4 is 0 Å². The minimum atomic E-state index is 0.493. The van der Waals surface area contributed by atoms with E-state index in [1.807, 2.05) is 0 Å². The Morgan fingerprint density at radius 1 is 1.23 bits per heavy atom. The van der Waals surface area contributed by atoms with E-state index in [4.69, 9.17) is 4.74 Å². The SMILES string of the molecule is CCCC(CC)OCCCN(C)C. The van der Waals surface area contributed by atoms with E-state index in [9.17, 15) is 0 Å². The molecule has 80 valence electrons. The number of hydrogen-bond donors (Lipinski definition) is 0. The van der Waals surface area contributed by atoms with Gasteiger partial charge in [-0.25, -0.2) is 0 Å². The van der Waals surface area contributed by atoms with Crippen molar-refractivity contribution in [3.8, 4) is 0 Å². The fourth-order valence-electron chi connectivity index (χ4n) is 1.36. The number of nitrogens with zero attached hydrogens (tertiary/aromatic N) is 1. The molecular formula is C11H25NO. The second-order valence-electron chi connectivity index (χ2n) is 3.85. The summed E-state index contributed by atoms with van der Waals surface area (Å²) >= 11 is 0. The maximum atomic E-state index is 5.76. The molecule has 0 fully saturated rings. The summed E-state index contributed by atoms with van der Waals surface area (Å²) in [6.45, 7) is 6.46. The Balaban J connectivity index is 3.27. The smallest absolute Gasteiger partial charge is 0.0572 e. The molecule has 0 amide bonds. The summed E-state index contributed by atoms with van der Waals surface area (Å²) in [5.74, 6) is 0. The Labute approximate surface area is 83.3 Å². The highest BCUT2D eigenvalue weighted by Gasteiger charge is 2.03. The Morgan fingerprint density at radius 3 is 2.38 bits per heavy atom. The molecule has 0 N–H and O–H groups in total. The van der Waals surface area contributed by atoms with Gasteiger partial charge in [0.1, 0.15) is 0 Å². The lowest BCUT2D eigenvalue weighted by Gasteiger charge is -2.16. The molecule has 0 aliphatic rings. The first kappa shape index (κ1) is 12.9. The molecule has 0 radical (unpaired) electrons. The van der Waals surface area contributed by atoms with Crippen molar-refractivity contribution in [2.45, 2.75) is 45.6 Å². The zero-order valence-electron chi connectivity index (χ0n) is 9.68. The van der Waals surface area contributed by atoms with Crippen molar-refractivity contribution in [2.24, 2.45) is 0 Å². The molecule has 2 heteroatoms. The minimum absolute atomic E-state index is 0.493. The summed E-state index contributed by atoms with van der Waals surface area (Å²) in [5.41, 5.74) is 0. The van der Waals surface area contributed by atoms with Gasteiger partial charge >= 0.3 is 0 Å². The summed E-state index contributed by atoms with van der Waals surface area (Å²) in [4.78, 5) is 2.20. The first-order valence-corrected chi connectivity index (χ1v) is 5.47. The Kier molecular flexibility index (Phi) is 8.46. The van der Waals surface area contributed by atoms with Crippen LogP contribution < -0.4 is 0 Å². The van der Waals surface area contributed by atoms with Crippen LogP contribution in [0.25, 0.3) is 0 Å². The second-order valence-corrected chi connectivity index (χ2v) is 3.85. The van der Waals surface area contributed by atoms with Gasteiger partial charge in [0.15, 0.2) is 0 Å². The fourth-order valence-corrected chi connectivity index (χ4v) is 1.36. The largest absolute Gasteiger partial charge is 0.378 e. The maximum absolute atomic E-state index is 5.76. The summed E-state index contributed by atoms with van der Waals surface area (Å²) in [7, 11) is 4.20. The molecule has 0 aliphatic heterocycles. The van der Waals surface area contributed by atoms with Crippen LogP contribution in [0.15, 0.2) is 0 Å². The van der Waals surface area contributed by atoms with Crippen LogP contribution in [0.2, 0.25) is 0 Å². The van der Waals surface area contributed by atoms with Gasteiger partial charge in [-0.2, -0.15) is 0 Å². The van der Waals surface area contributed by atoms with Crippen LogP contribution in [-0.2, 0) is 4.74 Å². The molecule has 1 atom stereocenters. The highest BCUT2D eigenvalue weighted by atomic mass is 16.5. The van der Waals surface area contributed by atoms with Crippen LogP contribution in [0.3, 0.4) is 0 Å². The Hall–Kier alpha value is -0.0800.